The molecule has 1 fully saturated rings. The molecule has 0 aromatic heterocycles. The van der Waals surface area contributed by atoms with Gasteiger partial charge in [0.15, 0.2) is 0 Å². The molecule has 1 saturated heterocycles. The van der Waals surface area contributed by atoms with Crippen molar-refractivity contribution in [2.45, 2.75) is 31.9 Å². The zero-order chi connectivity index (χ0) is 28.4. The number of carbonyl (C=O) groups is 1. The van der Waals surface area contributed by atoms with E-state index >= 15 is 0 Å². The van der Waals surface area contributed by atoms with Crippen LogP contribution in [0.15, 0.2) is 66.2 Å². The average Bonchev–Trinajstić information content (AvgIpc) is 3.08. The highest BCUT2D eigenvalue weighted by molar-refractivity contribution is 6.33. The number of fused-ring (bicyclic) bond motifs is 1. The number of likely N-dealkylation sites (tertiary alicyclic amines) is 1. The fraction of sp³-hybridized carbons (Fsp3) is 0.281. The van der Waals surface area contributed by atoms with E-state index in [0.717, 1.165) is 42.4 Å². The molecule has 1 heterocycles. The number of nitrogens with zero attached hydrogens (tertiary/aromatic N) is 1. The summed E-state index contributed by atoms with van der Waals surface area (Å²) in [6.45, 7) is 2.00. The summed E-state index contributed by atoms with van der Waals surface area (Å²) in [6.07, 6.45) is -0.576. The van der Waals surface area contributed by atoms with Gasteiger partial charge < -0.3 is 5.11 Å². The van der Waals surface area contributed by atoms with E-state index in [1.165, 1.54) is 23.8 Å². The van der Waals surface area contributed by atoms with Gasteiger partial charge in [-0.3, -0.25) is 9.29 Å². The van der Waals surface area contributed by atoms with Gasteiger partial charge in [0, 0.05) is 30.2 Å². The highest BCUT2D eigenvalue weighted by Gasteiger charge is 2.36. The van der Waals surface area contributed by atoms with Gasteiger partial charge in [-0.25, -0.2) is 4.79 Å². The zero-order valence-electron chi connectivity index (χ0n) is 21.7. The van der Waals surface area contributed by atoms with Crippen LogP contribution in [0.3, 0.4) is 0 Å². The number of halogens is 5. The maximum Gasteiger partial charge on any atom is 0.417 e. The SMILES string of the molecule is O=C(O)c1ccc2c(c1)CCCC(c1c(Cl)cccc1C(F)(F)F)=C2c1ccc(C=C2CN(CCCF)C2)cc1. The predicted molar refractivity (Wildman–Crippen MR) is 150 cm³/mol. The Bertz CT molecular complexity index is 1480. The molecule has 0 spiro atoms. The molecule has 208 valence electrons. The number of aromatic carboxylic acids is 1. The molecule has 3 nitrogen and oxygen atoms in total. The Balaban J connectivity index is 1.62. The van der Waals surface area contributed by atoms with Crippen LogP contribution in [-0.4, -0.2) is 42.3 Å². The second-order valence-corrected chi connectivity index (χ2v) is 10.6. The number of allylic oxidation sites excluding steroid dienone is 1. The highest BCUT2D eigenvalue weighted by atomic mass is 35.5. The lowest BCUT2D eigenvalue weighted by Crippen LogP contribution is -2.40. The minimum atomic E-state index is -4.60. The lowest BCUT2D eigenvalue weighted by Gasteiger charge is -2.33. The summed E-state index contributed by atoms with van der Waals surface area (Å²) in [4.78, 5) is 13.8. The minimum Gasteiger partial charge on any atom is -0.478 e. The van der Waals surface area contributed by atoms with Crippen molar-refractivity contribution in [1.29, 1.82) is 0 Å². The fourth-order valence-corrected chi connectivity index (χ4v) is 5.90. The first kappa shape index (κ1) is 28.1. The van der Waals surface area contributed by atoms with Crippen molar-refractivity contribution in [2.75, 3.05) is 26.3 Å². The predicted octanol–water partition coefficient (Wildman–Crippen LogP) is 8.41. The summed E-state index contributed by atoms with van der Waals surface area (Å²) in [5.41, 5.74) is 4.86. The smallest absolute Gasteiger partial charge is 0.417 e. The number of carboxylic acids is 1. The van der Waals surface area contributed by atoms with Crippen molar-refractivity contribution >= 4 is 34.8 Å². The normalized spacial score (nSPS) is 15.9. The molecular weight excluding hydrogens is 542 g/mol. The number of aryl methyl sites for hydroxylation is 1. The molecule has 0 bridgehead atoms. The molecule has 0 saturated carbocycles. The van der Waals surface area contributed by atoms with Crippen molar-refractivity contribution in [3.8, 4) is 0 Å². The molecule has 3 aromatic carbocycles. The monoisotopic (exact) mass is 569 g/mol. The molecule has 5 rings (SSSR count). The molecule has 1 aliphatic heterocycles. The quantitative estimate of drug-likeness (QED) is 0.290. The molecule has 8 heteroatoms. The lowest BCUT2D eigenvalue weighted by atomic mass is 9.85. The number of hydrogen-bond acceptors (Lipinski definition) is 2. The van der Waals surface area contributed by atoms with Gasteiger partial charge in [-0.15, -0.1) is 0 Å². The van der Waals surface area contributed by atoms with Crippen LogP contribution in [0.25, 0.3) is 17.2 Å². The topological polar surface area (TPSA) is 40.5 Å². The van der Waals surface area contributed by atoms with Crippen LogP contribution in [0.1, 0.15) is 63.0 Å². The van der Waals surface area contributed by atoms with Crippen LogP contribution < -0.4 is 0 Å². The van der Waals surface area contributed by atoms with Crippen molar-refractivity contribution in [3.63, 3.8) is 0 Å². The third-order valence-corrected chi connectivity index (χ3v) is 7.76. The molecule has 1 N–H and O–H groups in total. The number of alkyl halides is 4. The van der Waals surface area contributed by atoms with Gasteiger partial charge in [-0.2, -0.15) is 13.2 Å². The van der Waals surface area contributed by atoms with Gasteiger partial charge in [0.2, 0.25) is 0 Å². The molecular formula is C32H28ClF4NO2. The Morgan fingerprint density at radius 1 is 1.02 bits per heavy atom. The summed E-state index contributed by atoms with van der Waals surface area (Å²) in [7, 11) is 0. The first-order valence-electron chi connectivity index (χ1n) is 13.2. The highest BCUT2D eigenvalue weighted by Crippen LogP contribution is 2.46. The third-order valence-electron chi connectivity index (χ3n) is 7.45. The van der Waals surface area contributed by atoms with Crippen LogP contribution in [0.2, 0.25) is 5.02 Å². The Labute approximate surface area is 235 Å². The molecule has 0 radical (unpaired) electrons. The zero-order valence-corrected chi connectivity index (χ0v) is 22.5. The van der Waals surface area contributed by atoms with Crippen molar-refractivity contribution in [2.24, 2.45) is 0 Å². The van der Waals surface area contributed by atoms with E-state index in [1.54, 1.807) is 12.1 Å². The molecule has 0 unspecified atom stereocenters. The largest absolute Gasteiger partial charge is 0.478 e. The summed E-state index contributed by atoms with van der Waals surface area (Å²) in [6, 6.07) is 16.3. The Morgan fingerprint density at radius 2 is 1.77 bits per heavy atom. The van der Waals surface area contributed by atoms with Gasteiger partial charge in [-0.1, -0.05) is 54.1 Å². The van der Waals surface area contributed by atoms with E-state index in [9.17, 15) is 27.5 Å². The Hall–Kier alpha value is -3.42. The summed E-state index contributed by atoms with van der Waals surface area (Å²) >= 11 is 6.47. The first-order valence-corrected chi connectivity index (χ1v) is 13.6. The summed E-state index contributed by atoms with van der Waals surface area (Å²) in [5.74, 6) is -1.06. The van der Waals surface area contributed by atoms with Crippen LogP contribution in [0.4, 0.5) is 17.6 Å². The summed E-state index contributed by atoms with van der Waals surface area (Å²) in [5, 5.41) is 9.56. The van der Waals surface area contributed by atoms with E-state index in [1.807, 2.05) is 24.3 Å². The second-order valence-electron chi connectivity index (χ2n) is 10.2. The average molecular weight is 570 g/mol. The molecule has 40 heavy (non-hydrogen) atoms. The molecule has 3 aromatic rings. The Morgan fingerprint density at radius 3 is 2.45 bits per heavy atom. The van der Waals surface area contributed by atoms with E-state index in [2.05, 4.69) is 11.0 Å². The van der Waals surface area contributed by atoms with Gasteiger partial charge >= 0.3 is 12.1 Å². The van der Waals surface area contributed by atoms with E-state index < -0.39 is 17.7 Å². The van der Waals surface area contributed by atoms with E-state index in [-0.39, 0.29) is 22.8 Å². The van der Waals surface area contributed by atoms with Crippen molar-refractivity contribution in [3.05, 3.63) is 110 Å². The van der Waals surface area contributed by atoms with Crippen LogP contribution in [0.5, 0.6) is 0 Å². The number of carboxylic acid groups (broad SMARTS) is 1. The van der Waals surface area contributed by atoms with Gasteiger partial charge in [0.1, 0.15) is 0 Å². The van der Waals surface area contributed by atoms with E-state index in [4.69, 9.17) is 11.6 Å². The molecule has 1 aliphatic carbocycles. The number of benzene rings is 3. The number of hydrogen-bond donors (Lipinski definition) is 1. The Kier molecular flexibility index (Phi) is 8.15. The molecule has 2 aliphatic rings. The third kappa shape index (κ3) is 5.86. The van der Waals surface area contributed by atoms with Crippen molar-refractivity contribution < 1.29 is 27.5 Å². The van der Waals surface area contributed by atoms with Crippen LogP contribution in [0, 0.1) is 0 Å². The van der Waals surface area contributed by atoms with Crippen molar-refractivity contribution in [1.82, 2.24) is 4.90 Å². The van der Waals surface area contributed by atoms with Crippen LogP contribution in [-0.2, 0) is 12.6 Å². The minimum absolute atomic E-state index is 0.0246. The standard InChI is InChI=1S/C32H28ClF4NO2/c33-28-7-2-6-27(32(35,36)37)30(28)26-5-1-4-23-17-24(31(39)40)12-13-25(23)29(26)22-10-8-20(9-11-22)16-21-18-38(19-21)15-3-14-34/h2,6-13,16-17H,1,3-5,14-15,18-19H2,(H,39,40). The van der Waals surface area contributed by atoms with E-state index in [0.29, 0.717) is 42.4 Å². The van der Waals surface area contributed by atoms with Gasteiger partial charge in [0.25, 0.3) is 0 Å². The van der Waals surface area contributed by atoms with Crippen LogP contribution >= 0.6 is 11.6 Å². The molecule has 0 atom stereocenters. The van der Waals surface area contributed by atoms with Gasteiger partial charge in [0.05, 0.1) is 17.8 Å². The number of rotatable bonds is 7. The lowest BCUT2D eigenvalue weighted by molar-refractivity contribution is -0.137. The fourth-order valence-electron chi connectivity index (χ4n) is 5.61. The van der Waals surface area contributed by atoms with Gasteiger partial charge in [-0.05, 0) is 88.9 Å². The maximum absolute atomic E-state index is 14.2. The maximum atomic E-state index is 14.2. The molecule has 0 amide bonds. The summed E-state index contributed by atoms with van der Waals surface area (Å²) < 4.78 is 55.0. The second kappa shape index (κ2) is 11.6. The first-order chi connectivity index (χ1) is 19.2.